The quantitative estimate of drug-likeness (QED) is 0.512. The number of amides is 1. The normalized spacial score (nSPS) is 12.0. The molecule has 1 amide bonds. The first-order chi connectivity index (χ1) is 14.1. The van der Waals surface area contributed by atoms with Crippen LogP contribution in [0.4, 0.5) is 0 Å². The SMILES string of the molecule is CCOC(=O)c1[nH]c(C)c(C(=O)[C@@H](C)N(CC(C)C)C(=O)c2ccc(C)cc2)c1C. The maximum atomic E-state index is 13.4. The number of aryl methyl sites for hydroxylation is 2. The second-order valence-corrected chi connectivity index (χ2v) is 8.10. The third kappa shape index (κ3) is 4.99. The molecule has 0 radical (unpaired) electrons. The van der Waals surface area contributed by atoms with Gasteiger partial charge in [0.2, 0.25) is 0 Å². The molecule has 6 heteroatoms. The maximum Gasteiger partial charge on any atom is 0.355 e. The largest absolute Gasteiger partial charge is 0.461 e. The molecule has 0 aliphatic heterocycles. The molecule has 1 atom stereocenters. The fourth-order valence-corrected chi connectivity index (χ4v) is 3.55. The number of carbonyl (C=O) groups excluding carboxylic acids is 3. The minimum atomic E-state index is -0.676. The van der Waals surface area contributed by atoms with Gasteiger partial charge in [-0.15, -0.1) is 0 Å². The van der Waals surface area contributed by atoms with Gasteiger partial charge in [-0.2, -0.15) is 0 Å². The van der Waals surface area contributed by atoms with Gasteiger partial charge < -0.3 is 14.6 Å². The Morgan fingerprint density at radius 2 is 1.63 bits per heavy atom. The minimum Gasteiger partial charge on any atom is -0.461 e. The van der Waals surface area contributed by atoms with Crippen molar-refractivity contribution in [1.82, 2.24) is 9.88 Å². The van der Waals surface area contributed by atoms with Gasteiger partial charge in [0, 0.05) is 23.4 Å². The zero-order valence-electron chi connectivity index (χ0n) is 19.0. The molecule has 162 valence electrons. The van der Waals surface area contributed by atoms with Crippen LogP contribution in [0, 0.1) is 26.7 Å². The van der Waals surface area contributed by atoms with Crippen LogP contribution in [0.15, 0.2) is 24.3 Å². The highest BCUT2D eigenvalue weighted by atomic mass is 16.5. The molecule has 0 saturated carbocycles. The highest BCUT2D eigenvalue weighted by Crippen LogP contribution is 2.23. The van der Waals surface area contributed by atoms with Crippen molar-refractivity contribution in [3.8, 4) is 0 Å². The Kier molecular flexibility index (Phi) is 7.59. The highest BCUT2D eigenvalue weighted by Gasteiger charge is 2.32. The van der Waals surface area contributed by atoms with E-state index in [4.69, 9.17) is 4.74 Å². The molecule has 0 unspecified atom stereocenters. The van der Waals surface area contributed by atoms with Crippen molar-refractivity contribution in [3.05, 3.63) is 57.9 Å². The van der Waals surface area contributed by atoms with Crippen LogP contribution in [0.3, 0.4) is 0 Å². The van der Waals surface area contributed by atoms with Gasteiger partial charge >= 0.3 is 5.97 Å². The molecule has 2 aromatic rings. The molecule has 1 aromatic carbocycles. The van der Waals surface area contributed by atoms with Crippen LogP contribution in [0.1, 0.15) is 75.7 Å². The predicted molar refractivity (Wildman–Crippen MR) is 117 cm³/mol. The molecule has 1 aromatic heterocycles. The number of hydrogen-bond acceptors (Lipinski definition) is 4. The third-order valence-electron chi connectivity index (χ3n) is 5.13. The maximum absolute atomic E-state index is 13.4. The molecular weight excluding hydrogens is 380 g/mol. The van der Waals surface area contributed by atoms with Gasteiger partial charge in [-0.05, 0) is 58.2 Å². The van der Waals surface area contributed by atoms with E-state index >= 15 is 0 Å². The van der Waals surface area contributed by atoms with E-state index in [9.17, 15) is 14.4 Å². The number of esters is 1. The molecule has 0 fully saturated rings. The van der Waals surface area contributed by atoms with Crippen molar-refractivity contribution in [2.24, 2.45) is 5.92 Å². The van der Waals surface area contributed by atoms with Gasteiger partial charge in [0.25, 0.3) is 5.91 Å². The Bertz CT molecular complexity index is 925. The van der Waals surface area contributed by atoms with Crippen LogP contribution in [0.25, 0.3) is 0 Å². The minimum absolute atomic E-state index is 0.180. The number of benzene rings is 1. The van der Waals surface area contributed by atoms with Gasteiger partial charge in [0.15, 0.2) is 5.78 Å². The summed E-state index contributed by atoms with van der Waals surface area (Å²) in [4.78, 5) is 43.5. The van der Waals surface area contributed by atoms with E-state index in [0.29, 0.717) is 28.9 Å². The van der Waals surface area contributed by atoms with E-state index in [1.54, 1.807) is 44.7 Å². The Morgan fingerprint density at radius 1 is 1.03 bits per heavy atom. The molecule has 6 nitrogen and oxygen atoms in total. The van der Waals surface area contributed by atoms with Gasteiger partial charge in [-0.3, -0.25) is 9.59 Å². The lowest BCUT2D eigenvalue weighted by atomic mass is 9.98. The van der Waals surface area contributed by atoms with Crippen LogP contribution in [0.2, 0.25) is 0 Å². The number of nitrogens with one attached hydrogen (secondary N) is 1. The van der Waals surface area contributed by atoms with E-state index in [0.717, 1.165) is 5.56 Å². The Hall–Kier alpha value is -2.89. The average molecular weight is 413 g/mol. The summed E-state index contributed by atoms with van der Waals surface area (Å²) in [6.07, 6.45) is 0. The number of H-pyrrole nitrogens is 1. The number of hydrogen-bond donors (Lipinski definition) is 1. The van der Waals surface area contributed by atoms with E-state index < -0.39 is 12.0 Å². The van der Waals surface area contributed by atoms with E-state index in [2.05, 4.69) is 4.98 Å². The van der Waals surface area contributed by atoms with E-state index in [-0.39, 0.29) is 29.9 Å². The van der Waals surface area contributed by atoms with E-state index in [1.165, 1.54) is 0 Å². The van der Waals surface area contributed by atoms with Crippen LogP contribution >= 0.6 is 0 Å². The smallest absolute Gasteiger partial charge is 0.355 e. The first-order valence-electron chi connectivity index (χ1n) is 10.4. The number of aromatic amines is 1. The second-order valence-electron chi connectivity index (χ2n) is 8.10. The molecule has 1 N–H and O–H groups in total. The van der Waals surface area contributed by atoms with Crippen molar-refractivity contribution in [2.75, 3.05) is 13.2 Å². The topological polar surface area (TPSA) is 79.5 Å². The lowest BCUT2D eigenvalue weighted by molar-refractivity contribution is 0.0518. The second kappa shape index (κ2) is 9.74. The molecule has 30 heavy (non-hydrogen) atoms. The number of ether oxygens (including phenoxy) is 1. The molecule has 1 heterocycles. The molecule has 0 aliphatic rings. The van der Waals surface area contributed by atoms with Crippen molar-refractivity contribution < 1.29 is 19.1 Å². The van der Waals surface area contributed by atoms with Gasteiger partial charge in [-0.25, -0.2) is 4.79 Å². The van der Waals surface area contributed by atoms with Crippen LogP contribution in [-0.2, 0) is 4.74 Å². The fraction of sp³-hybridized carbons (Fsp3) is 0.458. The average Bonchev–Trinajstić information content (AvgIpc) is 2.99. The van der Waals surface area contributed by atoms with Crippen LogP contribution < -0.4 is 0 Å². The molecule has 0 saturated heterocycles. The number of Topliss-reactive ketones (excluding diaryl/α,β-unsaturated/α-hetero) is 1. The Morgan fingerprint density at radius 3 is 2.17 bits per heavy atom. The summed E-state index contributed by atoms with van der Waals surface area (Å²) in [6, 6.07) is 6.67. The number of carbonyl (C=O) groups is 3. The van der Waals surface area contributed by atoms with Gasteiger partial charge in [0.1, 0.15) is 5.69 Å². The summed E-state index contributed by atoms with van der Waals surface area (Å²) in [5.41, 5.74) is 3.49. The predicted octanol–water partition coefficient (Wildman–Crippen LogP) is 4.49. The zero-order chi connectivity index (χ0) is 22.6. The first-order valence-corrected chi connectivity index (χ1v) is 10.4. The van der Waals surface area contributed by atoms with E-state index in [1.807, 2.05) is 32.9 Å². The van der Waals surface area contributed by atoms with Crippen molar-refractivity contribution in [1.29, 1.82) is 0 Å². The lowest BCUT2D eigenvalue weighted by Gasteiger charge is -2.30. The molecule has 0 bridgehead atoms. The standard InChI is InChI=1S/C24H32N2O4/c1-8-30-24(29)21-16(5)20(17(6)25-21)22(27)18(7)26(13-14(2)3)23(28)19-11-9-15(4)10-12-19/h9-12,14,18,25H,8,13H2,1-7H3/t18-/m1/s1. The number of nitrogens with zero attached hydrogens (tertiary/aromatic N) is 1. The number of aromatic nitrogens is 1. The number of ketones is 1. The third-order valence-corrected chi connectivity index (χ3v) is 5.13. The summed E-state index contributed by atoms with van der Waals surface area (Å²) < 4.78 is 5.08. The molecule has 0 spiro atoms. The summed E-state index contributed by atoms with van der Waals surface area (Å²) in [5.74, 6) is -0.670. The van der Waals surface area contributed by atoms with Crippen molar-refractivity contribution >= 4 is 17.7 Å². The summed E-state index contributed by atoms with van der Waals surface area (Å²) >= 11 is 0. The molecule has 2 rings (SSSR count). The van der Waals surface area contributed by atoms with Gasteiger partial charge in [-0.1, -0.05) is 31.5 Å². The highest BCUT2D eigenvalue weighted by molar-refractivity contribution is 6.07. The van der Waals surface area contributed by atoms with Gasteiger partial charge in [0.05, 0.1) is 12.6 Å². The zero-order valence-corrected chi connectivity index (χ0v) is 19.0. The summed E-state index contributed by atoms with van der Waals surface area (Å²) in [7, 11) is 0. The molecule has 0 aliphatic carbocycles. The summed E-state index contributed by atoms with van der Waals surface area (Å²) in [6.45, 7) is 13.6. The van der Waals surface area contributed by atoms with Crippen molar-refractivity contribution in [2.45, 2.75) is 54.5 Å². The lowest BCUT2D eigenvalue weighted by Crippen LogP contribution is -2.45. The van der Waals surface area contributed by atoms with Crippen LogP contribution in [-0.4, -0.2) is 46.7 Å². The fourth-order valence-electron chi connectivity index (χ4n) is 3.55. The Labute approximate surface area is 178 Å². The van der Waals surface area contributed by atoms with Crippen LogP contribution in [0.5, 0.6) is 0 Å². The monoisotopic (exact) mass is 412 g/mol. The number of rotatable bonds is 8. The first kappa shape index (κ1) is 23.4. The summed E-state index contributed by atoms with van der Waals surface area (Å²) in [5, 5.41) is 0. The molecular formula is C24H32N2O4. The van der Waals surface area contributed by atoms with Crippen molar-refractivity contribution in [3.63, 3.8) is 0 Å². The Balaban J connectivity index is 2.39.